The van der Waals surface area contributed by atoms with Crippen molar-refractivity contribution in [2.45, 2.75) is 38.8 Å². The molecule has 2 aromatic carbocycles. The summed E-state index contributed by atoms with van der Waals surface area (Å²) in [7, 11) is 13.4. The third kappa shape index (κ3) is 3.63. The van der Waals surface area contributed by atoms with Crippen molar-refractivity contribution < 1.29 is 18.5 Å². The second-order valence-electron chi connectivity index (χ2n) is 7.48. The number of halogens is 2. The molecule has 0 atom stereocenters. The molecule has 2 aliphatic carbocycles. The van der Waals surface area contributed by atoms with Gasteiger partial charge in [-0.15, -0.1) is 0 Å². The molecule has 26 heavy (non-hydrogen) atoms. The molecule has 0 bridgehead atoms. The molecule has 0 fully saturated rings. The van der Waals surface area contributed by atoms with Crippen molar-refractivity contribution in [2.24, 2.45) is 0 Å². The van der Waals surface area contributed by atoms with Crippen LogP contribution >= 0.6 is 17.0 Å². The van der Waals surface area contributed by atoms with E-state index in [1.807, 2.05) is 0 Å². The number of benzene rings is 2. The van der Waals surface area contributed by atoms with Gasteiger partial charge in [-0.2, -0.15) is 0 Å². The zero-order valence-corrected chi connectivity index (χ0v) is 20.4. The van der Waals surface area contributed by atoms with Crippen molar-refractivity contribution in [3.63, 3.8) is 0 Å². The van der Waals surface area contributed by atoms with E-state index in [4.69, 9.17) is 17.0 Å². The topological polar surface area (TPSA) is 0 Å². The van der Waals surface area contributed by atoms with Crippen LogP contribution in [0.5, 0.6) is 0 Å². The predicted octanol–water partition coefficient (Wildman–Crippen LogP) is 5.96. The van der Waals surface area contributed by atoms with Crippen molar-refractivity contribution in [2.75, 3.05) is 0 Å². The summed E-state index contributed by atoms with van der Waals surface area (Å²) in [4.78, 5) is 0. The Kier molecular flexibility index (Phi) is 5.77. The molecular weight excluding hydrogens is 454 g/mol. The maximum atomic E-state index is 6.70. The van der Waals surface area contributed by atoms with Crippen molar-refractivity contribution in [3.05, 3.63) is 80.9 Å². The molecule has 0 aromatic heterocycles. The number of hydrogen-bond acceptors (Lipinski definition) is 0. The average molecular weight is 478 g/mol. The van der Waals surface area contributed by atoms with E-state index in [1.54, 1.807) is 0 Å². The van der Waals surface area contributed by atoms with Crippen LogP contribution in [0, 0.1) is 13.8 Å². The third-order valence-electron chi connectivity index (χ3n) is 5.80. The monoisotopic (exact) mass is 475 g/mol. The minimum absolute atomic E-state index is 1.07. The summed E-state index contributed by atoms with van der Waals surface area (Å²) >= 11 is -2.26. The van der Waals surface area contributed by atoms with Crippen LogP contribution in [0.3, 0.4) is 0 Å². The Bertz CT molecular complexity index is 843. The Balaban J connectivity index is 1.61. The molecule has 0 heterocycles. The summed E-state index contributed by atoms with van der Waals surface area (Å²) in [6.45, 7) is 4.42. The molecule has 2 aliphatic rings. The summed E-state index contributed by atoms with van der Waals surface area (Å²) in [5, 5.41) is 0. The summed E-state index contributed by atoms with van der Waals surface area (Å²) in [6.07, 6.45) is 11.3. The SMILES string of the molecule is Cc1ccc(C[SiH](Cc2ccc(C)c3c2CC=C3)[Zr]([Cl])[Cl])c2c1C=CC2. The van der Waals surface area contributed by atoms with E-state index in [1.165, 1.54) is 44.5 Å². The number of hydrogen-bond donors (Lipinski definition) is 0. The van der Waals surface area contributed by atoms with Gasteiger partial charge < -0.3 is 0 Å². The van der Waals surface area contributed by atoms with Crippen molar-refractivity contribution >= 4 is 35.1 Å². The first-order valence-corrected chi connectivity index (χ1v) is 22.1. The number of allylic oxidation sites excluding steroid dienone is 2. The summed E-state index contributed by atoms with van der Waals surface area (Å²) in [6, 6.07) is 11.5. The second kappa shape index (κ2) is 7.92. The van der Waals surface area contributed by atoms with Crippen LogP contribution in [0.4, 0.5) is 0 Å². The van der Waals surface area contributed by atoms with Crippen LogP contribution in [-0.2, 0) is 43.5 Å². The molecule has 0 saturated heterocycles. The van der Waals surface area contributed by atoms with E-state index < -0.39 is 24.4 Å². The van der Waals surface area contributed by atoms with E-state index in [0.29, 0.717) is 0 Å². The molecule has 0 N–H and O–H groups in total. The fourth-order valence-electron chi connectivity index (χ4n) is 4.33. The van der Waals surface area contributed by atoms with Crippen LogP contribution < -0.4 is 0 Å². The molecule has 0 spiro atoms. The Morgan fingerprint density at radius 1 is 0.808 bits per heavy atom. The van der Waals surface area contributed by atoms with E-state index in [0.717, 1.165) is 24.9 Å². The van der Waals surface area contributed by atoms with Gasteiger partial charge in [-0.05, 0) is 0 Å². The van der Waals surface area contributed by atoms with Gasteiger partial charge in [0.15, 0.2) is 0 Å². The third-order valence-corrected chi connectivity index (χ3v) is 26.8. The first kappa shape index (κ1) is 18.9. The second-order valence-corrected chi connectivity index (χ2v) is 30.8. The zero-order valence-electron chi connectivity index (χ0n) is 15.3. The van der Waals surface area contributed by atoms with Gasteiger partial charge in [-0.1, -0.05) is 0 Å². The Morgan fingerprint density at radius 3 is 1.69 bits per heavy atom. The molecule has 0 amide bonds. The van der Waals surface area contributed by atoms with Crippen LogP contribution in [0.2, 0.25) is 0 Å². The first-order valence-electron chi connectivity index (χ1n) is 9.28. The molecule has 0 nitrogen and oxygen atoms in total. The molecular formula is C22H23Cl2SiZr. The fraction of sp³-hybridized carbons (Fsp3) is 0.273. The van der Waals surface area contributed by atoms with Gasteiger partial charge in [0.1, 0.15) is 0 Å². The summed E-state index contributed by atoms with van der Waals surface area (Å²) in [5.41, 5.74) is 11.7. The molecule has 133 valence electrons. The Morgan fingerprint density at radius 2 is 1.27 bits per heavy atom. The van der Waals surface area contributed by atoms with Gasteiger partial charge in [-0.25, -0.2) is 0 Å². The number of fused-ring (bicyclic) bond motifs is 2. The van der Waals surface area contributed by atoms with E-state index in [2.05, 4.69) is 62.4 Å². The minimum atomic E-state index is -2.26. The molecule has 0 radical (unpaired) electrons. The van der Waals surface area contributed by atoms with Gasteiger partial charge >= 0.3 is 173 Å². The van der Waals surface area contributed by atoms with Gasteiger partial charge in [-0.3, -0.25) is 0 Å². The quantitative estimate of drug-likeness (QED) is 0.467. The molecule has 0 saturated carbocycles. The van der Waals surface area contributed by atoms with Gasteiger partial charge in [0, 0.05) is 0 Å². The van der Waals surface area contributed by atoms with E-state index >= 15 is 0 Å². The fourth-order valence-corrected chi connectivity index (χ4v) is 17.6. The predicted molar refractivity (Wildman–Crippen MR) is 114 cm³/mol. The Labute approximate surface area is 172 Å². The molecule has 2 aromatic rings. The first-order chi connectivity index (χ1) is 12.5. The van der Waals surface area contributed by atoms with Gasteiger partial charge in [0.2, 0.25) is 0 Å². The standard InChI is InChI=1S/C22H23Si.2ClH.Zr/c1-15-9-11-17(21-7-3-5-19(15)21)13-23-14-18-12-10-16(2)20-6-4-8-22(18)20;;;/h3-6,9-12,23H,7-8,13-14H2,1-2H3;2*1H;/q;;;+2/p-2. The summed E-state index contributed by atoms with van der Waals surface area (Å²) in [5.74, 6) is -1.19. The number of rotatable bonds is 5. The van der Waals surface area contributed by atoms with Gasteiger partial charge in [0.05, 0.1) is 0 Å². The average Bonchev–Trinajstić information content (AvgIpc) is 3.28. The van der Waals surface area contributed by atoms with E-state index in [-0.39, 0.29) is 0 Å². The Hall–Kier alpha value is -0.400. The zero-order chi connectivity index (χ0) is 18.3. The van der Waals surface area contributed by atoms with Crippen molar-refractivity contribution in [1.29, 1.82) is 0 Å². The van der Waals surface area contributed by atoms with Crippen LogP contribution in [-0.4, -0.2) is 5.92 Å². The van der Waals surface area contributed by atoms with Crippen LogP contribution in [0.15, 0.2) is 36.4 Å². The summed E-state index contributed by atoms with van der Waals surface area (Å²) < 4.78 is 0. The van der Waals surface area contributed by atoms with Gasteiger partial charge in [0.25, 0.3) is 0 Å². The van der Waals surface area contributed by atoms with E-state index in [9.17, 15) is 0 Å². The van der Waals surface area contributed by atoms with Crippen LogP contribution in [0.1, 0.15) is 44.5 Å². The maximum absolute atomic E-state index is 6.70. The van der Waals surface area contributed by atoms with Crippen molar-refractivity contribution in [1.82, 2.24) is 0 Å². The normalized spacial score (nSPS) is 14.2. The molecule has 0 aliphatic heterocycles. The molecule has 4 heteroatoms. The number of aryl methyl sites for hydroxylation is 2. The molecule has 0 unspecified atom stereocenters. The molecule has 4 rings (SSSR count). The van der Waals surface area contributed by atoms with Crippen molar-refractivity contribution in [3.8, 4) is 0 Å². The van der Waals surface area contributed by atoms with Crippen LogP contribution in [0.25, 0.3) is 12.2 Å².